The summed E-state index contributed by atoms with van der Waals surface area (Å²) in [7, 11) is 0. The summed E-state index contributed by atoms with van der Waals surface area (Å²) >= 11 is 3.37. The third-order valence-electron chi connectivity index (χ3n) is 4.55. The molecule has 0 unspecified atom stereocenters. The van der Waals surface area contributed by atoms with Crippen molar-refractivity contribution in [3.63, 3.8) is 0 Å². The van der Waals surface area contributed by atoms with Crippen molar-refractivity contribution in [3.05, 3.63) is 92.2 Å². The number of nitro benzene ring substituents is 1. The first-order chi connectivity index (χ1) is 17.3. The second-order valence-corrected chi connectivity index (χ2v) is 7.94. The normalized spacial score (nSPS) is 10.6. The van der Waals surface area contributed by atoms with Gasteiger partial charge in [-0.05, 0) is 64.8 Å². The number of hydrogen-bond donors (Lipinski definition) is 2. The van der Waals surface area contributed by atoms with Crippen molar-refractivity contribution < 1.29 is 28.4 Å². The van der Waals surface area contributed by atoms with Crippen LogP contribution in [-0.4, -0.2) is 36.2 Å². The molecule has 0 fully saturated rings. The number of nitrogens with one attached hydrogen (secondary N) is 2. The lowest BCUT2D eigenvalue weighted by molar-refractivity contribution is -0.384. The standard InChI is InChI=1S/C24H20BrFN4O6/c1-2-35-21-12-15(13-27-29-24(32)16-7-9-17(10-8-16)30(33)34)11-18(25)23(21)36-14-22(31)28-20-6-4-3-5-19(20)26/h3-13H,2,14H2,1H3,(H,28,31)(H,29,32)/b27-13+. The molecule has 2 amide bonds. The van der Waals surface area contributed by atoms with Gasteiger partial charge in [-0.25, -0.2) is 9.82 Å². The maximum Gasteiger partial charge on any atom is 0.271 e. The second-order valence-electron chi connectivity index (χ2n) is 7.08. The number of nitro groups is 1. The van der Waals surface area contributed by atoms with Gasteiger partial charge in [0.05, 0.1) is 27.9 Å². The number of anilines is 1. The SMILES string of the molecule is CCOc1cc(/C=N/NC(=O)c2ccc([N+](=O)[O-])cc2)cc(Br)c1OCC(=O)Nc1ccccc1F. The van der Waals surface area contributed by atoms with Crippen LogP contribution in [0.2, 0.25) is 0 Å². The number of benzene rings is 3. The van der Waals surface area contributed by atoms with E-state index in [1.165, 1.54) is 48.7 Å². The Bertz CT molecular complexity index is 1300. The van der Waals surface area contributed by atoms with Gasteiger partial charge in [0.25, 0.3) is 17.5 Å². The minimum absolute atomic E-state index is 0.0394. The minimum Gasteiger partial charge on any atom is -0.490 e. The third kappa shape index (κ3) is 7.09. The molecule has 0 atom stereocenters. The van der Waals surface area contributed by atoms with E-state index >= 15 is 0 Å². The number of non-ortho nitro benzene ring substituents is 1. The Kier molecular flexibility index (Phi) is 9.06. The van der Waals surface area contributed by atoms with Gasteiger partial charge < -0.3 is 14.8 Å². The molecule has 0 aliphatic carbocycles. The lowest BCUT2D eigenvalue weighted by Crippen LogP contribution is -2.21. The topological polar surface area (TPSA) is 132 Å². The van der Waals surface area contributed by atoms with Gasteiger partial charge in [0.15, 0.2) is 18.1 Å². The van der Waals surface area contributed by atoms with Crippen LogP contribution in [0.1, 0.15) is 22.8 Å². The molecule has 3 rings (SSSR count). The van der Waals surface area contributed by atoms with E-state index in [4.69, 9.17) is 9.47 Å². The second kappa shape index (κ2) is 12.4. The van der Waals surface area contributed by atoms with Crippen LogP contribution in [0.15, 0.2) is 70.2 Å². The maximum absolute atomic E-state index is 13.7. The van der Waals surface area contributed by atoms with E-state index in [1.807, 2.05) is 0 Å². The number of ether oxygens (including phenoxy) is 2. The monoisotopic (exact) mass is 558 g/mol. The fourth-order valence-corrected chi connectivity index (χ4v) is 3.49. The first-order valence-electron chi connectivity index (χ1n) is 10.5. The van der Waals surface area contributed by atoms with Crippen LogP contribution in [0.3, 0.4) is 0 Å². The lowest BCUT2D eigenvalue weighted by atomic mass is 10.2. The molecule has 0 heterocycles. The minimum atomic E-state index is -0.564. The van der Waals surface area contributed by atoms with E-state index in [0.29, 0.717) is 22.4 Å². The van der Waals surface area contributed by atoms with Gasteiger partial charge in [-0.15, -0.1) is 0 Å². The number of nitrogens with zero attached hydrogens (tertiary/aromatic N) is 2. The highest BCUT2D eigenvalue weighted by atomic mass is 79.9. The average molecular weight is 559 g/mol. The van der Waals surface area contributed by atoms with Crippen LogP contribution < -0.4 is 20.2 Å². The van der Waals surface area contributed by atoms with Crippen LogP contribution in [0, 0.1) is 15.9 Å². The molecule has 10 nitrogen and oxygen atoms in total. The van der Waals surface area contributed by atoms with Crippen molar-refractivity contribution in [2.24, 2.45) is 5.10 Å². The third-order valence-corrected chi connectivity index (χ3v) is 5.14. The summed E-state index contributed by atoms with van der Waals surface area (Å²) in [6.45, 7) is 1.68. The Morgan fingerprint density at radius 1 is 1.14 bits per heavy atom. The molecule has 0 aliphatic rings. The summed E-state index contributed by atoms with van der Waals surface area (Å²) in [6.07, 6.45) is 1.37. The van der Waals surface area contributed by atoms with Crippen molar-refractivity contribution in [1.29, 1.82) is 0 Å². The summed E-state index contributed by atoms with van der Waals surface area (Å²) in [4.78, 5) is 34.6. The van der Waals surface area contributed by atoms with Gasteiger partial charge in [0.1, 0.15) is 5.82 Å². The zero-order valence-electron chi connectivity index (χ0n) is 18.9. The first-order valence-corrected chi connectivity index (χ1v) is 11.3. The summed E-state index contributed by atoms with van der Waals surface area (Å²) in [5, 5.41) is 17.1. The van der Waals surface area contributed by atoms with Crippen molar-refractivity contribution in [3.8, 4) is 11.5 Å². The quantitative estimate of drug-likeness (QED) is 0.211. The van der Waals surface area contributed by atoms with Gasteiger partial charge in [0, 0.05) is 17.7 Å². The van der Waals surface area contributed by atoms with Crippen LogP contribution in [-0.2, 0) is 4.79 Å². The average Bonchev–Trinajstić information content (AvgIpc) is 2.85. The van der Waals surface area contributed by atoms with Crippen molar-refractivity contribution in [1.82, 2.24) is 5.43 Å². The molecule has 12 heteroatoms. The summed E-state index contributed by atoms with van der Waals surface area (Å²) in [5.41, 5.74) is 2.99. The molecular formula is C24H20BrFN4O6. The number of para-hydroxylation sites is 1. The summed E-state index contributed by atoms with van der Waals surface area (Å²) < 4.78 is 25.4. The molecule has 0 aliphatic heterocycles. The fraction of sp³-hybridized carbons (Fsp3) is 0.125. The predicted molar refractivity (Wildman–Crippen MR) is 134 cm³/mol. The first kappa shape index (κ1) is 26.3. The Hall–Kier alpha value is -4.32. The van der Waals surface area contributed by atoms with E-state index in [2.05, 4.69) is 31.8 Å². The zero-order chi connectivity index (χ0) is 26.1. The number of hydrazone groups is 1. The van der Waals surface area contributed by atoms with Crippen LogP contribution in [0.4, 0.5) is 15.8 Å². The Balaban J connectivity index is 1.66. The van der Waals surface area contributed by atoms with Crippen molar-refractivity contribution in [2.45, 2.75) is 6.92 Å². The van der Waals surface area contributed by atoms with E-state index in [9.17, 15) is 24.1 Å². The van der Waals surface area contributed by atoms with Crippen LogP contribution in [0.25, 0.3) is 0 Å². The maximum atomic E-state index is 13.7. The molecule has 0 radical (unpaired) electrons. The van der Waals surface area contributed by atoms with E-state index in [0.717, 1.165) is 0 Å². The van der Waals surface area contributed by atoms with Gasteiger partial charge in [-0.2, -0.15) is 5.10 Å². The van der Waals surface area contributed by atoms with Gasteiger partial charge in [-0.3, -0.25) is 19.7 Å². The highest BCUT2D eigenvalue weighted by molar-refractivity contribution is 9.10. The van der Waals surface area contributed by atoms with E-state index < -0.39 is 29.2 Å². The van der Waals surface area contributed by atoms with Crippen molar-refractivity contribution in [2.75, 3.05) is 18.5 Å². The summed E-state index contributed by atoms with van der Waals surface area (Å²) in [6, 6.07) is 14.1. The Morgan fingerprint density at radius 3 is 2.53 bits per heavy atom. The van der Waals surface area contributed by atoms with Crippen LogP contribution in [0.5, 0.6) is 11.5 Å². The summed E-state index contributed by atoms with van der Waals surface area (Å²) in [5.74, 6) is -1.10. The zero-order valence-corrected chi connectivity index (χ0v) is 20.5. The molecule has 0 bridgehead atoms. The largest absolute Gasteiger partial charge is 0.490 e. The van der Waals surface area contributed by atoms with E-state index in [-0.39, 0.29) is 22.7 Å². The number of hydrogen-bond acceptors (Lipinski definition) is 7. The number of rotatable bonds is 10. The molecular weight excluding hydrogens is 539 g/mol. The smallest absolute Gasteiger partial charge is 0.271 e. The number of carbonyl (C=O) groups excluding carboxylic acids is 2. The Labute approximate surface area is 213 Å². The van der Waals surface area contributed by atoms with Gasteiger partial charge in [-0.1, -0.05) is 12.1 Å². The number of carbonyl (C=O) groups is 2. The molecule has 36 heavy (non-hydrogen) atoms. The molecule has 0 saturated carbocycles. The Morgan fingerprint density at radius 2 is 1.86 bits per heavy atom. The molecule has 2 N–H and O–H groups in total. The molecule has 0 spiro atoms. The van der Waals surface area contributed by atoms with E-state index in [1.54, 1.807) is 25.1 Å². The molecule has 0 saturated heterocycles. The predicted octanol–water partition coefficient (Wildman–Crippen LogP) is 4.68. The molecule has 3 aromatic carbocycles. The number of halogens is 2. The van der Waals surface area contributed by atoms with Crippen molar-refractivity contribution >= 4 is 45.3 Å². The lowest BCUT2D eigenvalue weighted by Gasteiger charge is -2.14. The molecule has 0 aromatic heterocycles. The fourth-order valence-electron chi connectivity index (χ4n) is 2.92. The van der Waals surface area contributed by atoms with Crippen LogP contribution >= 0.6 is 15.9 Å². The van der Waals surface area contributed by atoms with Gasteiger partial charge >= 0.3 is 0 Å². The highest BCUT2D eigenvalue weighted by Crippen LogP contribution is 2.36. The molecule has 186 valence electrons. The molecule has 3 aromatic rings. The van der Waals surface area contributed by atoms with Gasteiger partial charge in [0.2, 0.25) is 0 Å². The number of amides is 2. The highest BCUT2D eigenvalue weighted by Gasteiger charge is 2.15.